The summed E-state index contributed by atoms with van der Waals surface area (Å²) in [7, 11) is 0. The first-order valence-electron chi connectivity index (χ1n) is 13.6. The van der Waals surface area contributed by atoms with Crippen molar-refractivity contribution in [1.29, 1.82) is 5.26 Å². The summed E-state index contributed by atoms with van der Waals surface area (Å²) in [6.07, 6.45) is 5.58. The Morgan fingerprint density at radius 2 is 2.05 bits per heavy atom. The average molecular weight is 569 g/mol. The summed E-state index contributed by atoms with van der Waals surface area (Å²) in [5.74, 6) is -0.0717. The van der Waals surface area contributed by atoms with Crippen LogP contribution in [0.5, 0.6) is 5.88 Å². The number of aromatic nitrogens is 6. The molecule has 4 aromatic rings. The van der Waals surface area contributed by atoms with Crippen LogP contribution >= 0.6 is 0 Å². The van der Waals surface area contributed by atoms with Gasteiger partial charge >= 0.3 is 6.18 Å². The molecule has 1 fully saturated rings. The van der Waals surface area contributed by atoms with Gasteiger partial charge in [0.1, 0.15) is 23.8 Å². The van der Waals surface area contributed by atoms with Gasteiger partial charge in [-0.25, -0.2) is 15.0 Å². The van der Waals surface area contributed by atoms with E-state index in [0.717, 1.165) is 41.2 Å². The third-order valence-electron chi connectivity index (χ3n) is 7.32. The van der Waals surface area contributed by atoms with Gasteiger partial charge < -0.3 is 14.8 Å². The molecular formula is C28H31F3N8O2. The van der Waals surface area contributed by atoms with Crippen molar-refractivity contribution in [2.45, 2.75) is 63.4 Å². The van der Waals surface area contributed by atoms with E-state index in [9.17, 15) is 18.3 Å². The van der Waals surface area contributed by atoms with Crippen LogP contribution in [-0.4, -0.2) is 71.6 Å². The van der Waals surface area contributed by atoms with E-state index >= 15 is 0 Å². The van der Waals surface area contributed by atoms with E-state index in [1.807, 2.05) is 23.1 Å². The average Bonchev–Trinajstić information content (AvgIpc) is 3.62. The third kappa shape index (κ3) is 7.01. The van der Waals surface area contributed by atoms with Gasteiger partial charge in [0.25, 0.3) is 0 Å². The van der Waals surface area contributed by atoms with Crippen molar-refractivity contribution >= 4 is 11.0 Å². The zero-order valence-electron chi connectivity index (χ0n) is 22.4. The molecule has 2 N–H and O–H groups in total. The number of H-pyrrole nitrogens is 1. The molecule has 1 atom stereocenters. The quantitative estimate of drug-likeness (QED) is 0.255. The van der Waals surface area contributed by atoms with Crippen molar-refractivity contribution in [3.8, 4) is 23.2 Å². The molecule has 0 spiro atoms. The Hall–Kier alpha value is -4.02. The van der Waals surface area contributed by atoms with Crippen molar-refractivity contribution in [2.75, 3.05) is 19.7 Å². The Bertz CT molecular complexity index is 1490. The zero-order valence-corrected chi connectivity index (χ0v) is 22.4. The van der Waals surface area contributed by atoms with E-state index in [0.29, 0.717) is 44.5 Å². The van der Waals surface area contributed by atoms with Crippen LogP contribution in [-0.2, 0) is 19.1 Å². The second-order valence-corrected chi connectivity index (χ2v) is 10.1. The summed E-state index contributed by atoms with van der Waals surface area (Å²) < 4.78 is 47.8. The van der Waals surface area contributed by atoms with Crippen LogP contribution in [0.15, 0.2) is 43.1 Å². The van der Waals surface area contributed by atoms with Crippen molar-refractivity contribution in [1.82, 2.24) is 34.6 Å². The van der Waals surface area contributed by atoms with Crippen LogP contribution in [0.2, 0.25) is 0 Å². The molecule has 216 valence electrons. The van der Waals surface area contributed by atoms with Gasteiger partial charge in [0, 0.05) is 61.6 Å². The Morgan fingerprint density at radius 1 is 1.22 bits per heavy atom. The Kier molecular flexibility index (Phi) is 8.80. The van der Waals surface area contributed by atoms with Crippen LogP contribution in [0.1, 0.15) is 43.4 Å². The second-order valence-electron chi connectivity index (χ2n) is 10.1. The van der Waals surface area contributed by atoms with Crippen LogP contribution in [0.3, 0.4) is 0 Å². The normalized spacial score (nSPS) is 15.7. The van der Waals surface area contributed by atoms with E-state index in [2.05, 4.69) is 36.0 Å². The number of aromatic amines is 1. The van der Waals surface area contributed by atoms with E-state index in [4.69, 9.17) is 10.00 Å². The summed E-state index contributed by atoms with van der Waals surface area (Å²) in [5, 5.41) is 23.8. The summed E-state index contributed by atoms with van der Waals surface area (Å²) in [6.45, 7) is 1.74. The number of nitrogens with zero attached hydrogens (tertiary/aromatic N) is 7. The molecule has 10 nitrogen and oxygen atoms in total. The van der Waals surface area contributed by atoms with E-state index < -0.39 is 11.9 Å². The molecular weight excluding hydrogens is 537 g/mol. The van der Waals surface area contributed by atoms with Crippen molar-refractivity contribution < 1.29 is 23.0 Å². The van der Waals surface area contributed by atoms with Crippen molar-refractivity contribution in [2.24, 2.45) is 0 Å². The number of pyridine rings is 1. The molecule has 0 aromatic carbocycles. The minimum absolute atomic E-state index is 0.0717. The monoisotopic (exact) mass is 568 g/mol. The molecule has 0 radical (unpaired) electrons. The highest BCUT2D eigenvalue weighted by molar-refractivity contribution is 5.89. The lowest BCUT2D eigenvalue weighted by molar-refractivity contribution is -0.141. The van der Waals surface area contributed by atoms with Gasteiger partial charge in [-0.05, 0) is 49.8 Å². The fraction of sp³-hybridized carbons (Fsp3) is 0.464. The maximum atomic E-state index is 13.3. The molecule has 1 aliphatic heterocycles. The first-order chi connectivity index (χ1) is 19.8. The molecule has 0 unspecified atom stereocenters. The fourth-order valence-electron chi connectivity index (χ4n) is 5.28. The maximum Gasteiger partial charge on any atom is 0.433 e. The predicted octanol–water partition coefficient (Wildman–Crippen LogP) is 4.38. The molecule has 13 heteroatoms. The maximum absolute atomic E-state index is 13.3. The number of halogens is 3. The number of hydrogen-bond donors (Lipinski definition) is 2. The van der Waals surface area contributed by atoms with Crippen LogP contribution in [0.25, 0.3) is 22.3 Å². The largest absolute Gasteiger partial charge is 0.474 e. The van der Waals surface area contributed by atoms with Gasteiger partial charge in [0.05, 0.1) is 24.5 Å². The molecule has 41 heavy (non-hydrogen) atoms. The van der Waals surface area contributed by atoms with E-state index in [1.165, 1.54) is 12.4 Å². The van der Waals surface area contributed by atoms with E-state index in [-0.39, 0.29) is 31.1 Å². The highest BCUT2D eigenvalue weighted by Gasteiger charge is 2.34. The molecule has 0 aliphatic carbocycles. The highest BCUT2D eigenvalue weighted by atomic mass is 19.4. The minimum atomic E-state index is -4.60. The smallest absolute Gasteiger partial charge is 0.433 e. The van der Waals surface area contributed by atoms with Gasteiger partial charge in [-0.2, -0.15) is 23.5 Å². The summed E-state index contributed by atoms with van der Waals surface area (Å²) in [6, 6.07) is 6.68. The van der Waals surface area contributed by atoms with Crippen molar-refractivity contribution in [3.63, 3.8) is 0 Å². The molecule has 0 bridgehead atoms. The molecule has 5 heterocycles. The van der Waals surface area contributed by atoms with E-state index in [1.54, 1.807) is 6.20 Å². The number of rotatable bonds is 11. The lowest BCUT2D eigenvalue weighted by Gasteiger charge is -2.37. The van der Waals surface area contributed by atoms with Gasteiger partial charge in [-0.1, -0.05) is 0 Å². The number of nitrogens with one attached hydrogen (secondary N) is 1. The predicted molar refractivity (Wildman–Crippen MR) is 144 cm³/mol. The molecule has 0 saturated carbocycles. The molecule has 4 aromatic heterocycles. The number of alkyl halides is 3. The van der Waals surface area contributed by atoms with Gasteiger partial charge in [-0.15, -0.1) is 0 Å². The molecule has 1 aliphatic rings. The lowest BCUT2D eigenvalue weighted by atomic mass is 10.0. The Balaban J connectivity index is 1.24. The van der Waals surface area contributed by atoms with Gasteiger partial charge in [-0.3, -0.25) is 9.58 Å². The standard InChI is InChI=1S/C28H31F3N8O2/c29-28(30,31)24-13-19(7-12-40)14-25(37-24)41-22-5-10-38(11-6-22)21(3-1-2-8-32)17-39-16-20(15-36-39)26-23-4-9-33-27(23)35-18-34-26/h4,9,13-16,18,21-22,40H,1-3,5-7,10-12,17H2,(H,33,34,35)/t21-/m0/s1. The fourth-order valence-corrected chi connectivity index (χ4v) is 5.28. The van der Waals surface area contributed by atoms with Crippen LogP contribution in [0.4, 0.5) is 13.2 Å². The van der Waals surface area contributed by atoms with Crippen LogP contribution < -0.4 is 4.74 Å². The summed E-state index contributed by atoms with van der Waals surface area (Å²) in [5.41, 5.74) is 1.75. The number of unbranched alkanes of at least 4 members (excludes halogenated alkanes) is 1. The van der Waals surface area contributed by atoms with Gasteiger partial charge in [0.15, 0.2) is 0 Å². The first-order valence-corrected chi connectivity index (χ1v) is 13.6. The van der Waals surface area contributed by atoms with Gasteiger partial charge in [0.2, 0.25) is 5.88 Å². The topological polar surface area (TPSA) is 129 Å². The minimum Gasteiger partial charge on any atom is -0.474 e. The number of piperidine rings is 1. The number of ether oxygens (including phenoxy) is 1. The third-order valence-corrected chi connectivity index (χ3v) is 7.32. The summed E-state index contributed by atoms with van der Waals surface area (Å²) >= 11 is 0. The number of hydrogen-bond acceptors (Lipinski definition) is 8. The molecule has 0 amide bonds. The van der Waals surface area contributed by atoms with Crippen LogP contribution in [0, 0.1) is 11.3 Å². The number of aliphatic hydroxyl groups excluding tert-OH is 1. The first kappa shape index (κ1) is 28.5. The number of likely N-dealkylation sites (tertiary alicyclic amines) is 1. The second kappa shape index (κ2) is 12.7. The number of fused-ring (bicyclic) bond motifs is 1. The highest BCUT2D eigenvalue weighted by Crippen LogP contribution is 2.31. The van der Waals surface area contributed by atoms with Crippen molar-refractivity contribution in [3.05, 3.63) is 54.4 Å². The Morgan fingerprint density at radius 3 is 2.80 bits per heavy atom. The zero-order chi connectivity index (χ0) is 28.8. The molecule has 5 rings (SSSR count). The molecule has 1 saturated heterocycles. The number of nitriles is 1. The number of aliphatic hydroxyl groups is 1. The summed E-state index contributed by atoms with van der Waals surface area (Å²) in [4.78, 5) is 17.8. The Labute approximate surface area is 234 Å². The lowest BCUT2D eigenvalue weighted by Crippen LogP contribution is -2.46. The SMILES string of the molecule is N#CCCC[C@@H](Cn1cc(-c2ncnc3[nH]ccc23)cn1)N1CCC(Oc2cc(CCO)cc(C(F)(F)F)n2)CC1.